The van der Waals surface area contributed by atoms with Gasteiger partial charge >= 0.3 is 0 Å². The first-order valence-corrected chi connectivity index (χ1v) is 11.5. The minimum atomic E-state index is 0.0708. The molecule has 0 bridgehead atoms. The van der Waals surface area contributed by atoms with Crippen LogP contribution in [0.4, 0.5) is 5.95 Å². The molecule has 7 nitrogen and oxygen atoms in total. The van der Waals surface area contributed by atoms with Crippen molar-refractivity contribution in [2.24, 2.45) is 0 Å². The van der Waals surface area contributed by atoms with Gasteiger partial charge in [0.15, 0.2) is 11.5 Å². The van der Waals surface area contributed by atoms with Crippen LogP contribution in [0, 0.1) is 6.92 Å². The van der Waals surface area contributed by atoms with E-state index >= 15 is 0 Å². The van der Waals surface area contributed by atoms with E-state index in [0.717, 1.165) is 39.4 Å². The minimum Gasteiger partial charge on any atom is -0.338 e. The molecule has 0 radical (unpaired) electrons. The van der Waals surface area contributed by atoms with Crippen molar-refractivity contribution in [1.82, 2.24) is 24.5 Å². The maximum atomic E-state index is 12.9. The van der Waals surface area contributed by atoms with Crippen molar-refractivity contribution >= 4 is 28.4 Å². The molecule has 0 unspecified atom stereocenters. The van der Waals surface area contributed by atoms with Gasteiger partial charge in [0.2, 0.25) is 5.95 Å². The highest BCUT2D eigenvalue weighted by Crippen LogP contribution is 2.29. The van der Waals surface area contributed by atoms with Gasteiger partial charge in [-0.05, 0) is 31.2 Å². The Morgan fingerprint density at radius 1 is 0.794 bits per heavy atom. The fourth-order valence-corrected chi connectivity index (χ4v) is 4.54. The highest BCUT2D eigenvalue weighted by Gasteiger charge is 2.26. The molecule has 7 heteroatoms. The smallest absolute Gasteiger partial charge is 0.253 e. The number of fused-ring (bicyclic) bond motifs is 3. The van der Waals surface area contributed by atoms with Gasteiger partial charge in [-0.3, -0.25) is 4.79 Å². The van der Waals surface area contributed by atoms with E-state index in [-0.39, 0.29) is 5.91 Å². The molecule has 0 atom stereocenters. The topological polar surface area (TPSA) is 66.6 Å². The van der Waals surface area contributed by atoms with Gasteiger partial charge in [-0.15, -0.1) is 10.2 Å². The number of hydrogen-bond acceptors (Lipinski definition) is 5. The van der Waals surface area contributed by atoms with E-state index in [1.807, 2.05) is 59.5 Å². The summed E-state index contributed by atoms with van der Waals surface area (Å²) in [5.74, 6) is 1.65. The number of benzene rings is 3. The van der Waals surface area contributed by atoms with Gasteiger partial charge in [-0.25, -0.2) is 9.38 Å². The van der Waals surface area contributed by atoms with Crippen LogP contribution in [0.25, 0.3) is 27.9 Å². The minimum absolute atomic E-state index is 0.0708. The summed E-state index contributed by atoms with van der Waals surface area (Å²) in [6, 6.07) is 25.8. The van der Waals surface area contributed by atoms with E-state index < -0.39 is 0 Å². The third-order valence-corrected chi connectivity index (χ3v) is 6.41. The molecule has 0 N–H and O–H groups in total. The number of amides is 1. The summed E-state index contributed by atoms with van der Waals surface area (Å²) in [7, 11) is 0. The Kier molecular flexibility index (Phi) is 4.95. The van der Waals surface area contributed by atoms with Crippen molar-refractivity contribution in [3.05, 3.63) is 90.0 Å². The van der Waals surface area contributed by atoms with Crippen LogP contribution in [0.3, 0.4) is 0 Å². The van der Waals surface area contributed by atoms with Crippen molar-refractivity contribution in [1.29, 1.82) is 0 Å². The molecule has 0 spiro atoms. The lowest BCUT2D eigenvalue weighted by atomic mass is 10.1. The number of aryl methyl sites for hydroxylation is 1. The number of anilines is 1. The molecular formula is C27H24N6O. The summed E-state index contributed by atoms with van der Waals surface area (Å²) < 4.78 is 2.06. The van der Waals surface area contributed by atoms with E-state index in [9.17, 15) is 4.79 Å². The summed E-state index contributed by atoms with van der Waals surface area (Å²) in [4.78, 5) is 22.1. The molecule has 3 heterocycles. The SMILES string of the molecule is Cc1ccc(-c2nnc3c4ccccc4nc(N4CCN(C(=O)c5ccccc5)CC4)n23)cc1. The summed E-state index contributed by atoms with van der Waals surface area (Å²) in [5.41, 5.74) is 4.59. The summed E-state index contributed by atoms with van der Waals surface area (Å²) in [5, 5.41) is 10.1. The van der Waals surface area contributed by atoms with Gasteiger partial charge in [-0.2, -0.15) is 0 Å². The lowest BCUT2D eigenvalue weighted by Gasteiger charge is -2.35. The molecule has 6 rings (SSSR count). The van der Waals surface area contributed by atoms with Crippen molar-refractivity contribution in [3.63, 3.8) is 0 Å². The average molecular weight is 449 g/mol. The van der Waals surface area contributed by atoms with E-state index in [2.05, 4.69) is 50.7 Å². The number of piperazine rings is 1. The predicted molar refractivity (Wildman–Crippen MR) is 133 cm³/mol. The normalized spacial score (nSPS) is 14.1. The molecule has 1 aliphatic rings. The molecule has 3 aromatic carbocycles. The average Bonchev–Trinajstić information content (AvgIpc) is 3.34. The maximum Gasteiger partial charge on any atom is 0.253 e. The van der Waals surface area contributed by atoms with Crippen LogP contribution in [-0.2, 0) is 0 Å². The fraction of sp³-hybridized carbons (Fsp3) is 0.185. The first-order valence-electron chi connectivity index (χ1n) is 11.5. The molecule has 1 amide bonds. The number of carbonyl (C=O) groups is 1. The summed E-state index contributed by atoms with van der Waals surface area (Å²) in [6.07, 6.45) is 0. The number of hydrogen-bond donors (Lipinski definition) is 0. The zero-order valence-corrected chi connectivity index (χ0v) is 18.9. The second kappa shape index (κ2) is 8.26. The summed E-state index contributed by atoms with van der Waals surface area (Å²) >= 11 is 0. The Morgan fingerprint density at radius 3 is 2.26 bits per heavy atom. The van der Waals surface area contributed by atoms with Gasteiger partial charge in [0.05, 0.1) is 5.52 Å². The quantitative estimate of drug-likeness (QED) is 0.414. The van der Waals surface area contributed by atoms with Crippen LogP contribution in [0.1, 0.15) is 15.9 Å². The number of aromatic nitrogens is 4. The largest absolute Gasteiger partial charge is 0.338 e. The van der Waals surface area contributed by atoms with Crippen molar-refractivity contribution in [2.45, 2.75) is 6.92 Å². The van der Waals surface area contributed by atoms with Gasteiger partial charge < -0.3 is 9.80 Å². The van der Waals surface area contributed by atoms with Gasteiger partial charge in [-0.1, -0.05) is 60.2 Å². The fourth-order valence-electron chi connectivity index (χ4n) is 4.54. The Balaban J connectivity index is 1.39. The lowest BCUT2D eigenvalue weighted by molar-refractivity contribution is 0.0746. The highest BCUT2D eigenvalue weighted by molar-refractivity contribution is 5.95. The highest BCUT2D eigenvalue weighted by atomic mass is 16.2. The van der Waals surface area contributed by atoms with E-state index in [4.69, 9.17) is 4.98 Å². The molecule has 5 aromatic rings. The van der Waals surface area contributed by atoms with Gasteiger partial charge in [0, 0.05) is 42.7 Å². The number of rotatable bonds is 3. The number of para-hydroxylation sites is 1. The third kappa shape index (κ3) is 3.46. The van der Waals surface area contributed by atoms with Crippen LogP contribution in [0.5, 0.6) is 0 Å². The molecule has 34 heavy (non-hydrogen) atoms. The predicted octanol–water partition coefficient (Wildman–Crippen LogP) is 4.22. The van der Waals surface area contributed by atoms with E-state index in [1.165, 1.54) is 5.56 Å². The summed E-state index contributed by atoms with van der Waals surface area (Å²) in [6.45, 7) is 4.70. The standard InChI is InChI=1S/C27H24N6O/c1-19-11-13-20(14-12-19)24-29-30-25-22-9-5-6-10-23(22)28-27(33(24)25)32-17-15-31(16-18-32)26(34)21-7-3-2-4-8-21/h2-14H,15-18H2,1H3. The van der Waals surface area contributed by atoms with Crippen molar-refractivity contribution < 1.29 is 4.79 Å². The molecule has 1 saturated heterocycles. The van der Waals surface area contributed by atoms with Crippen LogP contribution in [0.15, 0.2) is 78.9 Å². The van der Waals surface area contributed by atoms with E-state index in [0.29, 0.717) is 26.2 Å². The van der Waals surface area contributed by atoms with Crippen molar-refractivity contribution in [3.8, 4) is 11.4 Å². The first kappa shape index (κ1) is 20.4. The Labute approximate surface area is 197 Å². The Bertz CT molecular complexity index is 1480. The molecule has 168 valence electrons. The lowest BCUT2D eigenvalue weighted by Crippen LogP contribution is -2.49. The second-order valence-electron chi connectivity index (χ2n) is 8.62. The molecule has 1 aliphatic heterocycles. The zero-order valence-electron chi connectivity index (χ0n) is 18.9. The molecule has 0 saturated carbocycles. The van der Waals surface area contributed by atoms with Gasteiger partial charge in [0.25, 0.3) is 5.91 Å². The number of carbonyl (C=O) groups excluding carboxylic acids is 1. The molecule has 2 aromatic heterocycles. The van der Waals surface area contributed by atoms with Crippen LogP contribution >= 0.6 is 0 Å². The second-order valence-corrected chi connectivity index (χ2v) is 8.62. The van der Waals surface area contributed by atoms with Crippen LogP contribution in [0.2, 0.25) is 0 Å². The van der Waals surface area contributed by atoms with Gasteiger partial charge in [0.1, 0.15) is 0 Å². The zero-order chi connectivity index (χ0) is 23.1. The Hall–Kier alpha value is -4.26. The molecular weight excluding hydrogens is 424 g/mol. The number of nitrogens with zero attached hydrogens (tertiary/aromatic N) is 6. The molecule has 1 fully saturated rings. The maximum absolute atomic E-state index is 12.9. The van der Waals surface area contributed by atoms with Crippen LogP contribution < -0.4 is 4.90 Å². The van der Waals surface area contributed by atoms with Crippen molar-refractivity contribution in [2.75, 3.05) is 31.1 Å². The monoisotopic (exact) mass is 448 g/mol. The van der Waals surface area contributed by atoms with E-state index in [1.54, 1.807) is 0 Å². The van der Waals surface area contributed by atoms with Crippen LogP contribution in [-0.4, -0.2) is 56.6 Å². The Morgan fingerprint density at radius 2 is 1.50 bits per heavy atom. The third-order valence-electron chi connectivity index (χ3n) is 6.41. The molecule has 0 aliphatic carbocycles. The first-order chi connectivity index (χ1) is 16.7.